The summed E-state index contributed by atoms with van der Waals surface area (Å²) in [5.74, 6) is 0.533. The molecule has 1 fully saturated rings. The topological polar surface area (TPSA) is 66.9 Å². The normalized spacial score (nSPS) is 14.5. The van der Waals surface area contributed by atoms with Gasteiger partial charge in [0.25, 0.3) is 0 Å². The van der Waals surface area contributed by atoms with Gasteiger partial charge in [0, 0.05) is 57.3 Å². The molecule has 1 aromatic carbocycles. The van der Waals surface area contributed by atoms with Gasteiger partial charge in [0.15, 0.2) is 0 Å². The minimum atomic E-state index is -0.0541. The highest BCUT2D eigenvalue weighted by atomic mass is 16.5. The van der Waals surface area contributed by atoms with Crippen molar-refractivity contribution in [1.29, 1.82) is 0 Å². The molecule has 1 aliphatic heterocycles. The van der Waals surface area contributed by atoms with Gasteiger partial charge in [0.05, 0.1) is 6.61 Å². The molecule has 0 radical (unpaired) electrons. The first kappa shape index (κ1) is 19.9. The van der Waals surface area contributed by atoms with Crippen molar-refractivity contribution in [2.75, 3.05) is 51.4 Å². The molecule has 1 N–H and O–H groups in total. The van der Waals surface area contributed by atoms with Gasteiger partial charge in [-0.3, -0.25) is 0 Å². The summed E-state index contributed by atoms with van der Waals surface area (Å²) < 4.78 is 10.6. The number of aromatic nitrogens is 1. The summed E-state index contributed by atoms with van der Waals surface area (Å²) in [4.78, 5) is 21.1. The number of carbonyl (C=O) groups excluding carboxylic acids is 1. The lowest BCUT2D eigenvalue weighted by molar-refractivity contribution is 0.143. The number of amides is 2. The molecule has 0 aliphatic carbocycles. The van der Waals surface area contributed by atoms with Gasteiger partial charge in [0.1, 0.15) is 6.61 Å². The van der Waals surface area contributed by atoms with Crippen molar-refractivity contribution < 1.29 is 14.3 Å². The van der Waals surface area contributed by atoms with Gasteiger partial charge in [-0.05, 0) is 24.6 Å². The van der Waals surface area contributed by atoms with E-state index in [-0.39, 0.29) is 6.03 Å². The number of ether oxygens (including phenoxy) is 2. The first-order chi connectivity index (χ1) is 13.8. The molecule has 2 amide bonds. The fraction of sp³-hybridized carbons (Fsp3) is 0.429. The molecule has 1 saturated heterocycles. The van der Waals surface area contributed by atoms with Gasteiger partial charge in [-0.2, -0.15) is 0 Å². The SMILES string of the molecule is COCCOc1ncccc1CNC(=O)N1CCCN(c2ccccc2)CC1. The standard InChI is InChI=1S/C21H28N4O3/c1-27-15-16-28-20-18(7-5-10-22-20)17-23-21(26)25-12-6-11-24(13-14-25)19-8-3-2-4-9-19/h2-5,7-10H,6,11-17H2,1H3,(H,23,26). The Labute approximate surface area is 166 Å². The van der Waals surface area contributed by atoms with Crippen LogP contribution in [0.2, 0.25) is 0 Å². The zero-order chi connectivity index (χ0) is 19.6. The van der Waals surface area contributed by atoms with Crippen LogP contribution in [0.15, 0.2) is 48.7 Å². The first-order valence-electron chi connectivity index (χ1n) is 9.66. The van der Waals surface area contributed by atoms with Crippen LogP contribution in [0.3, 0.4) is 0 Å². The van der Waals surface area contributed by atoms with E-state index in [0.29, 0.717) is 32.2 Å². The van der Waals surface area contributed by atoms with Gasteiger partial charge in [-0.1, -0.05) is 24.3 Å². The zero-order valence-corrected chi connectivity index (χ0v) is 16.3. The van der Waals surface area contributed by atoms with E-state index in [4.69, 9.17) is 9.47 Å². The molecule has 7 nitrogen and oxygen atoms in total. The van der Waals surface area contributed by atoms with E-state index < -0.39 is 0 Å². The van der Waals surface area contributed by atoms with Crippen molar-refractivity contribution in [3.63, 3.8) is 0 Å². The van der Waals surface area contributed by atoms with Crippen LogP contribution in [0.4, 0.5) is 10.5 Å². The third kappa shape index (κ3) is 5.60. The highest BCUT2D eigenvalue weighted by molar-refractivity contribution is 5.74. The number of nitrogens with one attached hydrogen (secondary N) is 1. The van der Waals surface area contributed by atoms with Crippen molar-refractivity contribution in [2.24, 2.45) is 0 Å². The highest BCUT2D eigenvalue weighted by Crippen LogP contribution is 2.17. The van der Waals surface area contributed by atoms with Gasteiger partial charge >= 0.3 is 6.03 Å². The van der Waals surface area contributed by atoms with Crippen molar-refractivity contribution in [3.8, 4) is 5.88 Å². The van der Waals surface area contributed by atoms with Crippen LogP contribution in [0.5, 0.6) is 5.88 Å². The summed E-state index contributed by atoms with van der Waals surface area (Å²) in [5.41, 5.74) is 2.06. The first-order valence-corrected chi connectivity index (χ1v) is 9.66. The molecule has 0 saturated carbocycles. The number of nitrogens with zero attached hydrogens (tertiary/aromatic N) is 3. The van der Waals surface area contributed by atoms with Gasteiger partial charge < -0.3 is 24.6 Å². The molecule has 2 heterocycles. The Morgan fingerprint density at radius 1 is 1.07 bits per heavy atom. The van der Waals surface area contributed by atoms with Crippen LogP contribution >= 0.6 is 0 Å². The van der Waals surface area contributed by atoms with Crippen molar-refractivity contribution in [3.05, 3.63) is 54.2 Å². The second-order valence-electron chi connectivity index (χ2n) is 6.63. The van der Waals surface area contributed by atoms with Crippen LogP contribution in [-0.2, 0) is 11.3 Å². The molecule has 3 rings (SSSR count). The average molecular weight is 384 g/mol. The van der Waals surface area contributed by atoms with Crippen LogP contribution < -0.4 is 15.0 Å². The molecule has 1 aliphatic rings. The summed E-state index contributed by atoms with van der Waals surface area (Å²) in [7, 11) is 1.63. The number of hydrogen-bond donors (Lipinski definition) is 1. The Balaban J connectivity index is 1.51. The number of pyridine rings is 1. The van der Waals surface area contributed by atoms with Crippen molar-refractivity contribution in [1.82, 2.24) is 15.2 Å². The van der Waals surface area contributed by atoms with Crippen LogP contribution in [0.25, 0.3) is 0 Å². The number of rotatable bonds is 7. The number of hydrogen-bond acceptors (Lipinski definition) is 5. The Hall–Kier alpha value is -2.80. The summed E-state index contributed by atoms with van der Waals surface area (Å²) >= 11 is 0. The Bertz CT molecular complexity index is 741. The number of anilines is 1. The minimum absolute atomic E-state index is 0.0541. The Morgan fingerprint density at radius 3 is 2.75 bits per heavy atom. The van der Waals surface area contributed by atoms with Crippen LogP contribution in [0, 0.1) is 0 Å². The highest BCUT2D eigenvalue weighted by Gasteiger charge is 2.19. The maximum Gasteiger partial charge on any atom is 0.317 e. The van der Waals surface area contributed by atoms with Gasteiger partial charge in [-0.25, -0.2) is 9.78 Å². The summed E-state index contributed by atoms with van der Waals surface area (Å²) in [6, 6.07) is 14.0. The monoisotopic (exact) mass is 384 g/mol. The Morgan fingerprint density at radius 2 is 1.93 bits per heavy atom. The fourth-order valence-electron chi connectivity index (χ4n) is 3.21. The predicted octanol–water partition coefficient (Wildman–Crippen LogP) is 2.53. The quantitative estimate of drug-likeness (QED) is 0.743. The van der Waals surface area contributed by atoms with E-state index in [1.807, 2.05) is 35.2 Å². The molecule has 0 spiro atoms. The molecule has 0 bridgehead atoms. The predicted molar refractivity (Wildman–Crippen MR) is 109 cm³/mol. The summed E-state index contributed by atoms with van der Waals surface area (Å²) in [6.45, 7) is 4.53. The summed E-state index contributed by atoms with van der Waals surface area (Å²) in [5, 5.41) is 3.00. The van der Waals surface area contributed by atoms with Crippen molar-refractivity contribution in [2.45, 2.75) is 13.0 Å². The van der Waals surface area contributed by atoms with E-state index in [1.165, 1.54) is 5.69 Å². The maximum absolute atomic E-state index is 12.7. The lowest BCUT2D eigenvalue weighted by Crippen LogP contribution is -2.41. The number of urea groups is 1. The van der Waals surface area contributed by atoms with Crippen LogP contribution in [0.1, 0.15) is 12.0 Å². The lowest BCUT2D eigenvalue weighted by Gasteiger charge is -2.24. The molecule has 2 aromatic rings. The van der Waals surface area contributed by atoms with Crippen LogP contribution in [-0.4, -0.2) is 62.4 Å². The molecular weight excluding hydrogens is 356 g/mol. The van der Waals surface area contributed by atoms with E-state index in [1.54, 1.807) is 13.3 Å². The number of carbonyl (C=O) groups is 1. The number of methoxy groups -OCH3 is 1. The largest absolute Gasteiger partial charge is 0.475 e. The Kier molecular flexibility index (Phi) is 7.49. The molecule has 1 aromatic heterocycles. The number of benzene rings is 1. The molecule has 0 atom stereocenters. The molecule has 0 unspecified atom stereocenters. The third-order valence-corrected chi connectivity index (χ3v) is 4.71. The zero-order valence-electron chi connectivity index (χ0n) is 16.3. The second kappa shape index (κ2) is 10.5. The van der Waals surface area contributed by atoms with Crippen molar-refractivity contribution >= 4 is 11.7 Å². The minimum Gasteiger partial charge on any atom is -0.475 e. The van der Waals surface area contributed by atoms with E-state index >= 15 is 0 Å². The molecule has 150 valence electrons. The summed E-state index contributed by atoms with van der Waals surface area (Å²) in [6.07, 6.45) is 2.63. The average Bonchev–Trinajstić information content (AvgIpc) is 3.00. The maximum atomic E-state index is 12.7. The van der Waals surface area contributed by atoms with Gasteiger partial charge in [0.2, 0.25) is 5.88 Å². The van der Waals surface area contributed by atoms with Gasteiger partial charge in [-0.15, -0.1) is 0 Å². The van der Waals surface area contributed by atoms with E-state index in [9.17, 15) is 4.79 Å². The van der Waals surface area contributed by atoms with E-state index in [0.717, 1.165) is 31.6 Å². The fourth-order valence-corrected chi connectivity index (χ4v) is 3.21. The lowest BCUT2D eigenvalue weighted by atomic mass is 10.2. The molecule has 7 heteroatoms. The molecular formula is C21H28N4O3. The second-order valence-corrected chi connectivity index (χ2v) is 6.63. The molecule has 28 heavy (non-hydrogen) atoms. The smallest absolute Gasteiger partial charge is 0.317 e. The third-order valence-electron chi connectivity index (χ3n) is 4.71. The number of para-hydroxylation sites is 1. The van der Waals surface area contributed by atoms with E-state index in [2.05, 4.69) is 27.3 Å².